The van der Waals surface area contributed by atoms with Gasteiger partial charge in [0.15, 0.2) is 0 Å². The van der Waals surface area contributed by atoms with Crippen LogP contribution in [0.1, 0.15) is 39.6 Å². The third-order valence-corrected chi connectivity index (χ3v) is 4.82. The summed E-state index contributed by atoms with van der Waals surface area (Å²) in [5.74, 6) is -0.581. The SMILES string of the molecule is CCCNC(=O)c1cccc(NC(=O)CNc2ccc(NC(=O)c3cccc(C)c3)cc2)c1. The average molecular weight is 445 g/mol. The highest BCUT2D eigenvalue weighted by molar-refractivity contribution is 6.04. The largest absolute Gasteiger partial charge is 0.376 e. The molecule has 3 aromatic carbocycles. The highest BCUT2D eigenvalue weighted by Gasteiger charge is 2.08. The van der Waals surface area contributed by atoms with Crippen LogP contribution in [0.15, 0.2) is 72.8 Å². The Morgan fingerprint density at radius 3 is 2.09 bits per heavy atom. The van der Waals surface area contributed by atoms with Gasteiger partial charge in [0.25, 0.3) is 11.8 Å². The van der Waals surface area contributed by atoms with E-state index in [0.29, 0.717) is 29.0 Å². The van der Waals surface area contributed by atoms with Gasteiger partial charge in [0, 0.05) is 34.7 Å². The molecule has 7 nitrogen and oxygen atoms in total. The molecule has 0 bridgehead atoms. The molecule has 0 heterocycles. The van der Waals surface area contributed by atoms with Gasteiger partial charge in [0.05, 0.1) is 6.54 Å². The molecule has 4 N–H and O–H groups in total. The first kappa shape index (κ1) is 23.5. The van der Waals surface area contributed by atoms with Crippen molar-refractivity contribution in [2.75, 3.05) is 29.0 Å². The molecule has 7 heteroatoms. The van der Waals surface area contributed by atoms with Crippen molar-refractivity contribution in [3.05, 3.63) is 89.5 Å². The second-order valence-corrected chi connectivity index (χ2v) is 7.64. The summed E-state index contributed by atoms with van der Waals surface area (Å²) in [7, 11) is 0. The molecular formula is C26H28N4O3. The maximum absolute atomic E-state index is 12.4. The fourth-order valence-corrected chi connectivity index (χ4v) is 3.13. The molecule has 0 aliphatic carbocycles. The summed E-state index contributed by atoms with van der Waals surface area (Å²) in [5, 5.41) is 11.5. The predicted molar refractivity (Wildman–Crippen MR) is 132 cm³/mol. The average Bonchev–Trinajstić information content (AvgIpc) is 2.82. The standard InChI is InChI=1S/C26H28N4O3/c1-3-14-27-25(32)20-8-5-9-23(16-20)29-24(31)17-28-21-10-12-22(13-11-21)30-26(33)19-7-4-6-18(2)15-19/h4-13,15-16,28H,3,14,17H2,1-2H3,(H,27,32)(H,29,31)(H,30,33). The number of aryl methyl sites for hydroxylation is 1. The van der Waals surface area contributed by atoms with E-state index in [9.17, 15) is 14.4 Å². The van der Waals surface area contributed by atoms with Crippen molar-refractivity contribution in [1.29, 1.82) is 0 Å². The van der Waals surface area contributed by atoms with E-state index in [0.717, 1.165) is 17.7 Å². The smallest absolute Gasteiger partial charge is 0.255 e. The molecule has 0 aromatic heterocycles. The summed E-state index contributed by atoms with van der Waals surface area (Å²) >= 11 is 0. The van der Waals surface area contributed by atoms with Crippen LogP contribution < -0.4 is 21.3 Å². The minimum absolute atomic E-state index is 0.0568. The molecule has 0 saturated heterocycles. The van der Waals surface area contributed by atoms with E-state index in [1.54, 1.807) is 54.6 Å². The van der Waals surface area contributed by atoms with Crippen LogP contribution in [0.3, 0.4) is 0 Å². The fourth-order valence-electron chi connectivity index (χ4n) is 3.13. The van der Waals surface area contributed by atoms with Crippen molar-refractivity contribution in [3.63, 3.8) is 0 Å². The van der Waals surface area contributed by atoms with Gasteiger partial charge >= 0.3 is 0 Å². The van der Waals surface area contributed by atoms with Crippen LogP contribution in [0.4, 0.5) is 17.1 Å². The normalized spacial score (nSPS) is 10.2. The highest BCUT2D eigenvalue weighted by atomic mass is 16.2. The lowest BCUT2D eigenvalue weighted by atomic mass is 10.1. The number of hydrogen-bond acceptors (Lipinski definition) is 4. The zero-order valence-corrected chi connectivity index (χ0v) is 18.8. The minimum atomic E-state index is -0.238. The number of nitrogens with one attached hydrogen (secondary N) is 4. The lowest BCUT2D eigenvalue weighted by Crippen LogP contribution is -2.24. The lowest BCUT2D eigenvalue weighted by Gasteiger charge is -2.10. The van der Waals surface area contributed by atoms with Gasteiger partial charge in [-0.2, -0.15) is 0 Å². The Morgan fingerprint density at radius 2 is 1.39 bits per heavy atom. The first-order chi connectivity index (χ1) is 15.9. The Kier molecular flexibility index (Phi) is 8.18. The highest BCUT2D eigenvalue weighted by Crippen LogP contribution is 2.16. The molecule has 0 aliphatic rings. The van der Waals surface area contributed by atoms with Gasteiger partial charge in [-0.25, -0.2) is 0 Å². The molecule has 0 fully saturated rings. The molecule has 0 spiro atoms. The van der Waals surface area contributed by atoms with E-state index in [2.05, 4.69) is 21.3 Å². The van der Waals surface area contributed by atoms with Gasteiger partial charge in [-0.15, -0.1) is 0 Å². The number of benzene rings is 3. The maximum Gasteiger partial charge on any atom is 0.255 e. The molecule has 170 valence electrons. The Bertz CT molecular complexity index is 1130. The number of anilines is 3. The van der Waals surface area contributed by atoms with Crippen LogP contribution in [0, 0.1) is 6.92 Å². The van der Waals surface area contributed by atoms with Crippen LogP contribution in [0.5, 0.6) is 0 Å². The fraction of sp³-hybridized carbons (Fsp3) is 0.192. The predicted octanol–water partition coefficient (Wildman–Crippen LogP) is 4.44. The second kappa shape index (κ2) is 11.5. The molecule has 0 atom stereocenters. The van der Waals surface area contributed by atoms with Crippen LogP contribution in [-0.4, -0.2) is 30.8 Å². The molecule has 0 radical (unpaired) electrons. The Morgan fingerprint density at radius 1 is 0.727 bits per heavy atom. The van der Waals surface area contributed by atoms with Crippen molar-refractivity contribution in [2.45, 2.75) is 20.3 Å². The lowest BCUT2D eigenvalue weighted by molar-refractivity contribution is -0.114. The third kappa shape index (κ3) is 7.21. The quantitative estimate of drug-likeness (QED) is 0.392. The van der Waals surface area contributed by atoms with Crippen molar-refractivity contribution in [3.8, 4) is 0 Å². The van der Waals surface area contributed by atoms with Gasteiger partial charge in [0.2, 0.25) is 5.91 Å². The zero-order chi connectivity index (χ0) is 23.6. The summed E-state index contributed by atoms with van der Waals surface area (Å²) in [6.07, 6.45) is 0.855. The number of carbonyl (C=O) groups excluding carboxylic acids is 3. The van der Waals surface area contributed by atoms with Gasteiger partial charge in [-0.3, -0.25) is 14.4 Å². The van der Waals surface area contributed by atoms with E-state index >= 15 is 0 Å². The minimum Gasteiger partial charge on any atom is -0.376 e. The molecular weight excluding hydrogens is 416 g/mol. The van der Waals surface area contributed by atoms with Crippen LogP contribution in [0.25, 0.3) is 0 Å². The Labute approximate surface area is 193 Å². The van der Waals surface area contributed by atoms with E-state index in [4.69, 9.17) is 0 Å². The number of hydrogen-bond donors (Lipinski definition) is 4. The molecule has 0 saturated carbocycles. The van der Waals surface area contributed by atoms with Crippen molar-refractivity contribution in [1.82, 2.24) is 5.32 Å². The van der Waals surface area contributed by atoms with Crippen molar-refractivity contribution in [2.24, 2.45) is 0 Å². The third-order valence-electron chi connectivity index (χ3n) is 4.82. The second-order valence-electron chi connectivity index (χ2n) is 7.64. The summed E-state index contributed by atoms with van der Waals surface area (Å²) in [4.78, 5) is 36.7. The van der Waals surface area contributed by atoms with Gasteiger partial charge in [0.1, 0.15) is 0 Å². The van der Waals surface area contributed by atoms with E-state index in [-0.39, 0.29) is 24.3 Å². The van der Waals surface area contributed by atoms with Gasteiger partial charge in [-0.05, 0) is 67.9 Å². The first-order valence-electron chi connectivity index (χ1n) is 10.8. The van der Waals surface area contributed by atoms with Gasteiger partial charge in [-0.1, -0.05) is 30.7 Å². The number of carbonyl (C=O) groups is 3. The molecule has 0 aliphatic heterocycles. The van der Waals surface area contributed by atoms with Crippen LogP contribution in [-0.2, 0) is 4.79 Å². The van der Waals surface area contributed by atoms with Crippen LogP contribution in [0.2, 0.25) is 0 Å². The Balaban J connectivity index is 1.49. The summed E-state index contributed by atoms with van der Waals surface area (Å²) in [5.41, 5.74) is 4.08. The number of amides is 3. The summed E-state index contributed by atoms with van der Waals surface area (Å²) in [6.45, 7) is 4.59. The molecule has 3 amide bonds. The monoisotopic (exact) mass is 444 g/mol. The van der Waals surface area contributed by atoms with E-state index in [1.165, 1.54) is 0 Å². The molecule has 3 aromatic rings. The maximum atomic E-state index is 12.4. The summed E-state index contributed by atoms with van der Waals surface area (Å²) < 4.78 is 0. The van der Waals surface area contributed by atoms with E-state index in [1.807, 2.05) is 32.0 Å². The molecule has 33 heavy (non-hydrogen) atoms. The first-order valence-corrected chi connectivity index (χ1v) is 10.8. The van der Waals surface area contributed by atoms with Gasteiger partial charge < -0.3 is 21.3 Å². The van der Waals surface area contributed by atoms with Crippen LogP contribution >= 0.6 is 0 Å². The Hall–Kier alpha value is -4.13. The zero-order valence-electron chi connectivity index (χ0n) is 18.8. The molecule has 3 rings (SSSR count). The van der Waals surface area contributed by atoms with E-state index < -0.39 is 0 Å². The van der Waals surface area contributed by atoms with Crippen molar-refractivity contribution < 1.29 is 14.4 Å². The van der Waals surface area contributed by atoms with Crippen molar-refractivity contribution >= 4 is 34.8 Å². The molecule has 0 unspecified atom stereocenters. The topological polar surface area (TPSA) is 99.3 Å². The number of rotatable bonds is 9. The summed E-state index contributed by atoms with van der Waals surface area (Å²) in [6, 6.07) is 21.3.